The van der Waals surface area contributed by atoms with Gasteiger partial charge in [-0.15, -0.1) is 5.10 Å². The normalized spacial score (nSPS) is 25.2. The second-order valence-corrected chi connectivity index (χ2v) is 7.84. The van der Waals surface area contributed by atoms with Crippen molar-refractivity contribution < 1.29 is 23.0 Å². The second kappa shape index (κ2) is 7.17. The average molecular weight is 407 g/mol. The number of aromatic nitrogens is 4. The molecule has 0 amide bonds. The molecule has 10 heteroatoms. The summed E-state index contributed by atoms with van der Waals surface area (Å²) in [6, 6.07) is 1.87. The van der Waals surface area contributed by atoms with Gasteiger partial charge in [0.05, 0.1) is 38.0 Å². The second-order valence-electron chi connectivity index (χ2n) is 7.84. The first kappa shape index (κ1) is 18.7. The third-order valence-corrected chi connectivity index (χ3v) is 5.79. The highest BCUT2D eigenvalue weighted by atomic mass is 19.3. The number of alkyl halides is 2. The van der Waals surface area contributed by atoms with E-state index in [-0.39, 0.29) is 24.9 Å². The highest BCUT2D eigenvalue weighted by molar-refractivity contribution is 5.58. The Labute approximate surface area is 166 Å². The molecule has 2 saturated carbocycles. The monoisotopic (exact) mass is 407 g/mol. The van der Waals surface area contributed by atoms with Gasteiger partial charge in [-0.05, 0) is 18.9 Å². The van der Waals surface area contributed by atoms with Crippen LogP contribution in [0.15, 0.2) is 24.7 Å². The van der Waals surface area contributed by atoms with Gasteiger partial charge in [0, 0.05) is 31.7 Å². The van der Waals surface area contributed by atoms with Crippen LogP contribution in [0.4, 0.5) is 20.4 Å². The number of hydrogen-bond donors (Lipinski definition) is 1. The van der Waals surface area contributed by atoms with Crippen LogP contribution in [-0.4, -0.2) is 51.3 Å². The van der Waals surface area contributed by atoms with Gasteiger partial charge in [-0.2, -0.15) is 0 Å². The maximum absolute atomic E-state index is 13.2. The summed E-state index contributed by atoms with van der Waals surface area (Å²) in [6.07, 6.45) is 8.23. The highest BCUT2D eigenvalue weighted by Gasteiger charge is 2.57. The van der Waals surface area contributed by atoms with E-state index in [4.69, 9.17) is 14.2 Å². The summed E-state index contributed by atoms with van der Waals surface area (Å²) in [5.74, 6) is -3.14. The Hall–Kier alpha value is -2.33. The molecule has 29 heavy (non-hydrogen) atoms. The molecule has 0 bridgehead atoms. The number of ether oxygens (including phenoxy) is 3. The van der Waals surface area contributed by atoms with Gasteiger partial charge in [0.1, 0.15) is 5.69 Å². The SMILES string of the molecule is FC1(F)C[C@H]1COc1nn(C2CCC3(CC2)OCCO3)cc1Nc1ncccn1. The van der Waals surface area contributed by atoms with Crippen molar-refractivity contribution in [2.24, 2.45) is 5.92 Å². The van der Waals surface area contributed by atoms with Crippen LogP contribution >= 0.6 is 0 Å². The first-order valence-electron chi connectivity index (χ1n) is 9.95. The standard InChI is InChI=1S/C19H23F2N5O3/c20-19(21)10-13(19)12-27-16-15(24-17-22-6-1-7-23-17)11-26(25-16)14-2-4-18(5-3-14)28-8-9-29-18/h1,6-7,11,13-14H,2-5,8-10,12H2,(H,22,23,24)/t13-/m0/s1. The fraction of sp³-hybridized carbons (Fsp3) is 0.632. The molecule has 0 radical (unpaired) electrons. The van der Waals surface area contributed by atoms with E-state index < -0.39 is 17.6 Å². The molecule has 1 atom stereocenters. The Morgan fingerprint density at radius 1 is 1.17 bits per heavy atom. The van der Waals surface area contributed by atoms with Crippen molar-refractivity contribution in [3.05, 3.63) is 24.7 Å². The van der Waals surface area contributed by atoms with Crippen molar-refractivity contribution in [1.29, 1.82) is 0 Å². The zero-order chi connectivity index (χ0) is 19.9. The molecule has 5 rings (SSSR count). The number of rotatable bonds is 6. The Bertz CT molecular complexity index is 847. The van der Waals surface area contributed by atoms with Crippen LogP contribution < -0.4 is 10.1 Å². The number of nitrogens with zero attached hydrogens (tertiary/aromatic N) is 4. The molecule has 2 aromatic rings. The molecule has 1 spiro atoms. The molecule has 156 valence electrons. The first-order valence-corrected chi connectivity index (χ1v) is 9.95. The summed E-state index contributed by atoms with van der Waals surface area (Å²) in [5.41, 5.74) is 0.564. The van der Waals surface area contributed by atoms with Crippen LogP contribution in [0.2, 0.25) is 0 Å². The predicted octanol–water partition coefficient (Wildman–Crippen LogP) is 3.31. The fourth-order valence-corrected chi connectivity index (χ4v) is 3.96. The Kier molecular flexibility index (Phi) is 4.62. The summed E-state index contributed by atoms with van der Waals surface area (Å²) in [7, 11) is 0. The van der Waals surface area contributed by atoms with Gasteiger partial charge in [-0.1, -0.05) is 0 Å². The molecular weight excluding hydrogens is 384 g/mol. The smallest absolute Gasteiger partial charge is 0.256 e. The lowest BCUT2D eigenvalue weighted by molar-refractivity contribution is -0.181. The molecular formula is C19H23F2N5O3. The molecule has 3 aliphatic rings. The zero-order valence-corrected chi connectivity index (χ0v) is 15.9. The molecule has 1 N–H and O–H groups in total. The number of nitrogens with one attached hydrogen (secondary N) is 1. The quantitative estimate of drug-likeness (QED) is 0.787. The molecule has 1 saturated heterocycles. The van der Waals surface area contributed by atoms with Crippen molar-refractivity contribution >= 4 is 11.6 Å². The van der Waals surface area contributed by atoms with Gasteiger partial charge in [0.25, 0.3) is 11.8 Å². The average Bonchev–Trinajstić information content (AvgIpc) is 3.05. The lowest BCUT2D eigenvalue weighted by atomic mass is 9.90. The highest BCUT2D eigenvalue weighted by Crippen LogP contribution is 2.49. The van der Waals surface area contributed by atoms with Crippen molar-refractivity contribution in [2.45, 2.75) is 49.9 Å². The minimum Gasteiger partial charge on any atom is -0.475 e. The first-order chi connectivity index (χ1) is 14.0. The number of anilines is 2. The van der Waals surface area contributed by atoms with Crippen molar-refractivity contribution in [2.75, 3.05) is 25.1 Å². The molecule has 3 heterocycles. The van der Waals surface area contributed by atoms with Gasteiger partial charge in [0.2, 0.25) is 5.95 Å². The summed E-state index contributed by atoms with van der Waals surface area (Å²) in [5, 5.41) is 7.62. The minimum atomic E-state index is -2.63. The molecule has 2 aromatic heterocycles. The summed E-state index contributed by atoms with van der Waals surface area (Å²) in [4.78, 5) is 8.30. The van der Waals surface area contributed by atoms with Crippen LogP contribution in [0.1, 0.15) is 38.1 Å². The van der Waals surface area contributed by atoms with Gasteiger partial charge >= 0.3 is 0 Å². The van der Waals surface area contributed by atoms with E-state index in [1.807, 2.05) is 10.9 Å². The fourth-order valence-electron chi connectivity index (χ4n) is 3.96. The third kappa shape index (κ3) is 3.91. The maximum atomic E-state index is 13.2. The maximum Gasteiger partial charge on any atom is 0.256 e. The number of hydrogen-bond acceptors (Lipinski definition) is 7. The lowest BCUT2D eigenvalue weighted by Gasteiger charge is -2.35. The Morgan fingerprint density at radius 3 is 2.52 bits per heavy atom. The van der Waals surface area contributed by atoms with Crippen LogP contribution in [0, 0.1) is 5.92 Å². The van der Waals surface area contributed by atoms with Gasteiger partial charge < -0.3 is 19.5 Å². The zero-order valence-electron chi connectivity index (χ0n) is 15.9. The Balaban J connectivity index is 1.31. The van der Waals surface area contributed by atoms with Crippen LogP contribution in [0.3, 0.4) is 0 Å². The predicted molar refractivity (Wildman–Crippen MR) is 98.2 cm³/mol. The van der Waals surface area contributed by atoms with E-state index in [1.165, 1.54) is 0 Å². The molecule has 1 aliphatic heterocycles. The van der Waals surface area contributed by atoms with E-state index in [0.717, 1.165) is 25.7 Å². The van der Waals surface area contributed by atoms with Crippen molar-refractivity contribution in [3.8, 4) is 5.88 Å². The molecule has 0 unspecified atom stereocenters. The van der Waals surface area contributed by atoms with Crippen LogP contribution in [0.5, 0.6) is 5.88 Å². The summed E-state index contributed by atoms with van der Waals surface area (Å²) >= 11 is 0. The van der Waals surface area contributed by atoms with Gasteiger partial charge in [-0.3, -0.25) is 4.68 Å². The van der Waals surface area contributed by atoms with Crippen LogP contribution in [0.25, 0.3) is 0 Å². The van der Waals surface area contributed by atoms with Crippen LogP contribution in [-0.2, 0) is 9.47 Å². The number of halogens is 2. The lowest BCUT2D eigenvalue weighted by Crippen LogP contribution is -2.35. The van der Waals surface area contributed by atoms with E-state index in [2.05, 4.69) is 20.4 Å². The van der Waals surface area contributed by atoms with Gasteiger partial charge in [0.15, 0.2) is 5.79 Å². The van der Waals surface area contributed by atoms with Crippen molar-refractivity contribution in [1.82, 2.24) is 19.7 Å². The van der Waals surface area contributed by atoms with E-state index in [0.29, 0.717) is 24.8 Å². The van der Waals surface area contributed by atoms with E-state index in [1.54, 1.807) is 18.5 Å². The minimum absolute atomic E-state index is 0.0657. The van der Waals surface area contributed by atoms with Crippen molar-refractivity contribution in [3.63, 3.8) is 0 Å². The van der Waals surface area contributed by atoms with E-state index in [9.17, 15) is 8.78 Å². The molecule has 0 aromatic carbocycles. The molecule has 3 fully saturated rings. The Morgan fingerprint density at radius 2 is 1.86 bits per heavy atom. The van der Waals surface area contributed by atoms with E-state index >= 15 is 0 Å². The molecule has 8 nitrogen and oxygen atoms in total. The summed E-state index contributed by atoms with van der Waals surface area (Å²) < 4.78 is 45.5. The third-order valence-electron chi connectivity index (χ3n) is 5.79. The topological polar surface area (TPSA) is 83.3 Å². The summed E-state index contributed by atoms with van der Waals surface area (Å²) in [6.45, 7) is 1.21. The van der Waals surface area contributed by atoms with Gasteiger partial charge in [-0.25, -0.2) is 18.7 Å². The molecule has 2 aliphatic carbocycles. The largest absolute Gasteiger partial charge is 0.475 e.